The van der Waals surface area contributed by atoms with Gasteiger partial charge in [0.05, 0.1) is 5.92 Å². The summed E-state index contributed by atoms with van der Waals surface area (Å²) in [6.07, 6.45) is 8.90. The monoisotopic (exact) mass is 374 g/mol. The van der Waals surface area contributed by atoms with E-state index in [4.69, 9.17) is 0 Å². The van der Waals surface area contributed by atoms with Crippen LogP contribution in [0.5, 0.6) is 0 Å². The Balaban J connectivity index is 1.57. The first-order chi connectivity index (χ1) is 13.6. The molecule has 2 aliphatic rings. The van der Waals surface area contributed by atoms with Crippen LogP contribution in [0.1, 0.15) is 60.8 Å². The molecule has 1 fully saturated rings. The first kappa shape index (κ1) is 18.8. The van der Waals surface area contributed by atoms with E-state index in [0.29, 0.717) is 0 Å². The summed E-state index contributed by atoms with van der Waals surface area (Å²) in [5.41, 5.74) is 12.1. The topological polar surface area (TPSA) is 41.1 Å². The highest BCUT2D eigenvalue weighted by Gasteiger charge is 2.60. The van der Waals surface area contributed by atoms with Crippen LogP contribution in [0.4, 0.5) is 0 Å². The Morgan fingerprint density at radius 3 is 2.29 bits per heavy atom. The zero-order valence-corrected chi connectivity index (χ0v) is 16.9. The minimum absolute atomic E-state index is 0.0463. The lowest BCUT2D eigenvalue weighted by atomic mass is 9.84. The average Bonchev–Trinajstić information content (AvgIpc) is 3.48. The van der Waals surface area contributed by atoms with Crippen LogP contribution in [-0.2, 0) is 10.2 Å². The second-order valence-corrected chi connectivity index (χ2v) is 8.41. The van der Waals surface area contributed by atoms with E-state index < -0.39 is 0 Å². The van der Waals surface area contributed by atoms with Crippen LogP contribution in [0, 0.1) is 19.8 Å². The van der Waals surface area contributed by atoms with E-state index in [9.17, 15) is 4.79 Å². The van der Waals surface area contributed by atoms with E-state index in [1.807, 2.05) is 0 Å². The van der Waals surface area contributed by atoms with Crippen LogP contribution < -0.4 is 10.9 Å². The van der Waals surface area contributed by atoms with Crippen molar-refractivity contribution in [3.05, 3.63) is 82.6 Å². The van der Waals surface area contributed by atoms with Crippen molar-refractivity contribution in [2.24, 2.45) is 5.92 Å². The maximum Gasteiger partial charge on any atom is 0.242 e. The number of hydrogen-bond acceptors (Lipinski definition) is 2. The highest BCUT2D eigenvalue weighted by molar-refractivity contribution is 5.85. The molecule has 0 saturated heterocycles. The molecule has 0 aromatic heterocycles. The Morgan fingerprint density at radius 2 is 1.64 bits per heavy atom. The minimum Gasteiger partial charge on any atom is -0.303 e. The Labute approximate surface area is 168 Å². The highest BCUT2D eigenvalue weighted by Crippen LogP contribution is 2.59. The van der Waals surface area contributed by atoms with Gasteiger partial charge in [0.15, 0.2) is 0 Å². The molecule has 0 radical (unpaired) electrons. The molecular weight excluding hydrogens is 344 g/mol. The number of rotatable bonds is 5. The molecule has 2 N–H and O–H groups in total. The molecule has 3 nitrogen and oxygen atoms in total. The van der Waals surface area contributed by atoms with Gasteiger partial charge in [-0.25, -0.2) is 0 Å². The van der Waals surface area contributed by atoms with Gasteiger partial charge in [-0.2, -0.15) is 0 Å². The van der Waals surface area contributed by atoms with Gasteiger partial charge in [0.1, 0.15) is 0 Å². The Kier molecular flexibility index (Phi) is 5.25. The standard InChI is InChI=1S/C25H30N2O/c1-18-9-7-11-20(15-18)25(21-12-8-10-19(2)16-21)17-23(25)24(28)27-26-22-13-5-3-4-6-14-22/h7-13,15-16,23,26H,3-6,14,17H2,1-2H3,(H,27,28). The van der Waals surface area contributed by atoms with Gasteiger partial charge in [-0.1, -0.05) is 72.2 Å². The summed E-state index contributed by atoms with van der Waals surface area (Å²) >= 11 is 0. The van der Waals surface area contributed by atoms with E-state index in [1.165, 1.54) is 41.5 Å². The third kappa shape index (κ3) is 3.71. The lowest BCUT2D eigenvalue weighted by molar-refractivity contribution is -0.123. The van der Waals surface area contributed by atoms with Crippen LogP contribution in [0.3, 0.4) is 0 Å². The molecule has 0 bridgehead atoms. The summed E-state index contributed by atoms with van der Waals surface area (Å²) in [6.45, 7) is 4.23. The molecule has 1 amide bonds. The fourth-order valence-electron chi connectivity index (χ4n) is 4.59. The zero-order valence-electron chi connectivity index (χ0n) is 16.9. The van der Waals surface area contributed by atoms with Crippen molar-refractivity contribution in [3.8, 4) is 0 Å². The quantitative estimate of drug-likeness (QED) is 0.717. The fraction of sp³-hybridized carbons (Fsp3) is 0.400. The first-order valence-corrected chi connectivity index (χ1v) is 10.5. The molecule has 2 aromatic rings. The van der Waals surface area contributed by atoms with Gasteiger partial charge in [0, 0.05) is 11.1 Å². The van der Waals surface area contributed by atoms with Crippen molar-refractivity contribution in [1.82, 2.24) is 10.9 Å². The molecule has 28 heavy (non-hydrogen) atoms. The maximum atomic E-state index is 13.1. The van der Waals surface area contributed by atoms with Crippen molar-refractivity contribution in [1.29, 1.82) is 0 Å². The molecule has 146 valence electrons. The molecule has 1 unspecified atom stereocenters. The predicted octanol–water partition coefficient (Wildman–Crippen LogP) is 5.08. The van der Waals surface area contributed by atoms with Crippen LogP contribution in [0.15, 0.2) is 60.3 Å². The van der Waals surface area contributed by atoms with Gasteiger partial charge in [-0.15, -0.1) is 0 Å². The average molecular weight is 375 g/mol. The first-order valence-electron chi connectivity index (χ1n) is 10.5. The third-order valence-corrected chi connectivity index (χ3v) is 6.23. The maximum absolute atomic E-state index is 13.1. The van der Waals surface area contributed by atoms with Crippen molar-refractivity contribution in [2.75, 3.05) is 0 Å². The van der Waals surface area contributed by atoms with E-state index in [-0.39, 0.29) is 17.2 Å². The number of amides is 1. The Hall–Kier alpha value is -2.55. The molecule has 0 spiro atoms. The van der Waals surface area contributed by atoms with Crippen molar-refractivity contribution in [2.45, 2.75) is 57.8 Å². The van der Waals surface area contributed by atoms with Crippen molar-refractivity contribution in [3.63, 3.8) is 0 Å². The predicted molar refractivity (Wildman–Crippen MR) is 114 cm³/mol. The smallest absolute Gasteiger partial charge is 0.242 e. The van der Waals surface area contributed by atoms with E-state index in [0.717, 1.165) is 25.0 Å². The number of hydrogen-bond donors (Lipinski definition) is 2. The molecule has 1 atom stereocenters. The SMILES string of the molecule is Cc1cccc(C2(c3cccc(C)c3)CC2C(=O)NNC2=CCCCCC2)c1. The lowest BCUT2D eigenvalue weighted by Crippen LogP contribution is -2.39. The molecule has 0 aliphatic heterocycles. The van der Waals surface area contributed by atoms with Crippen LogP contribution in [0.2, 0.25) is 0 Å². The molecule has 2 aromatic carbocycles. The van der Waals surface area contributed by atoms with Gasteiger partial charge in [-0.3, -0.25) is 10.2 Å². The summed E-state index contributed by atoms with van der Waals surface area (Å²) < 4.78 is 0. The number of carbonyl (C=O) groups excluding carboxylic acids is 1. The van der Waals surface area contributed by atoms with Gasteiger partial charge in [-0.05, 0) is 57.1 Å². The largest absolute Gasteiger partial charge is 0.303 e. The summed E-state index contributed by atoms with van der Waals surface area (Å²) in [4.78, 5) is 13.1. The second-order valence-electron chi connectivity index (χ2n) is 8.41. The van der Waals surface area contributed by atoms with Gasteiger partial charge < -0.3 is 5.43 Å². The van der Waals surface area contributed by atoms with Gasteiger partial charge >= 0.3 is 0 Å². The molecular formula is C25H30N2O. The molecule has 1 saturated carbocycles. The van der Waals surface area contributed by atoms with Crippen molar-refractivity contribution < 1.29 is 4.79 Å². The summed E-state index contributed by atoms with van der Waals surface area (Å²) in [6, 6.07) is 17.2. The number of aryl methyl sites for hydroxylation is 2. The Morgan fingerprint density at radius 1 is 0.964 bits per heavy atom. The summed E-state index contributed by atoms with van der Waals surface area (Å²) in [5, 5.41) is 0. The number of hydrazine groups is 1. The summed E-state index contributed by atoms with van der Waals surface area (Å²) in [7, 11) is 0. The molecule has 0 heterocycles. The number of allylic oxidation sites excluding steroid dienone is 2. The van der Waals surface area contributed by atoms with E-state index >= 15 is 0 Å². The van der Waals surface area contributed by atoms with Crippen LogP contribution in [0.25, 0.3) is 0 Å². The van der Waals surface area contributed by atoms with Crippen LogP contribution in [-0.4, -0.2) is 5.91 Å². The van der Waals surface area contributed by atoms with E-state index in [1.54, 1.807) is 0 Å². The van der Waals surface area contributed by atoms with E-state index in [2.05, 4.69) is 79.3 Å². The highest BCUT2D eigenvalue weighted by atomic mass is 16.2. The normalized spacial score (nSPS) is 20.6. The number of nitrogens with one attached hydrogen (secondary N) is 2. The lowest BCUT2D eigenvalue weighted by Gasteiger charge is -2.20. The Bertz CT molecular complexity index is 853. The number of carbonyl (C=O) groups is 1. The van der Waals surface area contributed by atoms with Crippen molar-refractivity contribution >= 4 is 5.91 Å². The van der Waals surface area contributed by atoms with Gasteiger partial charge in [0.25, 0.3) is 0 Å². The third-order valence-electron chi connectivity index (χ3n) is 6.23. The minimum atomic E-state index is -0.221. The fourth-order valence-corrected chi connectivity index (χ4v) is 4.59. The zero-order chi connectivity index (χ0) is 19.6. The molecule has 2 aliphatic carbocycles. The number of benzene rings is 2. The summed E-state index contributed by atoms with van der Waals surface area (Å²) in [5.74, 6) is 0.0446. The van der Waals surface area contributed by atoms with Gasteiger partial charge in [0.2, 0.25) is 5.91 Å². The second kappa shape index (κ2) is 7.83. The molecule has 3 heteroatoms. The van der Waals surface area contributed by atoms with Crippen LogP contribution >= 0.6 is 0 Å². The molecule has 4 rings (SSSR count).